The van der Waals surface area contributed by atoms with Gasteiger partial charge in [-0.05, 0) is 28.9 Å². The van der Waals surface area contributed by atoms with E-state index in [0.717, 1.165) is 16.2 Å². The first kappa shape index (κ1) is 9.80. The van der Waals surface area contributed by atoms with E-state index in [1.807, 2.05) is 0 Å². The van der Waals surface area contributed by atoms with E-state index in [4.69, 9.17) is 0 Å². The molecule has 66 valence electrons. The Kier molecular flexibility index (Phi) is 2.95. The van der Waals surface area contributed by atoms with Gasteiger partial charge in [0.15, 0.2) is 0 Å². The minimum absolute atomic E-state index is 0.106. The van der Waals surface area contributed by atoms with E-state index in [2.05, 4.69) is 15.9 Å². The van der Waals surface area contributed by atoms with Crippen LogP contribution in [0.25, 0.3) is 0 Å². The molecule has 1 nitrogen and oxygen atoms in total. The molecule has 1 rings (SSSR count). The first-order chi connectivity index (χ1) is 5.52. The van der Waals surface area contributed by atoms with Crippen LogP contribution in [0.2, 0.25) is 0 Å². The second-order valence-corrected chi connectivity index (χ2v) is 4.29. The van der Waals surface area contributed by atoms with Gasteiger partial charge in [-0.2, -0.15) is 0 Å². The van der Waals surface area contributed by atoms with Crippen molar-refractivity contribution >= 4 is 33.0 Å². The van der Waals surface area contributed by atoms with Gasteiger partial charge in [0, 0.05) is 9.35 Å². The number of alkyl halides is 2. The van der Waals surface area contributed by atoms with Gasteiger partial charge in [-0.15, -0.1) is 11.3 Å². The third kappa shape index (κ3) is 1.90. The van der Waals surface area contributed by atoms with Crippen molar-refractivity contribution in [2.24, 2.45) is 0 Å². The lowest BCUT2D eigenvalue weighted by atomic mass is 10.3. The quantitative estimate of drug-likeness (QED) is 0.741. The molecule has 0 atom stereocenters. The monoisotopic (exact) mass is 254 g/mol. The highest BCUT2D eigenvalue weighted by Crippen LogP contribution is 2.27. The lowest BCUT2D eigenvalue weighted by molar-refractivity contribution is 0.0683. The number of carbonyl (C=O) groups is 1. The fourth-order valence-corrected chi connectivity index (χ4v) is 2.16. The van der Waals surface area contributed by atoms with Gasteiger partial charge in [-0.1, -0.05) is 0 Å². The third-order valence-electron chi connectivity index (χ3n) is 1.30. The maximum absolute atomic E-state index is 11.9. The van der Waals surface area contributed by atoms with Crippen LogP contribution < -0.4 is 0 Å². The van der Waals surface area contributed by atoms with Crippen LogP contribution in [0.4, 0.5) is 8.78 Å². The normalized spacial score (nSPS) is 10.8. The van der Waals surface area contributed by atoms with Crippen molar-refractivity contribution in [3.63, 3.8) is 0 Å². The Bertz CT molecular complexity index is 289. The van der Waals surface area contributed by atoms with Crippen molar-refractivity contribution < 1.29 is 13.6 Å². The van der Waals surface area contributed by atoms with Crippen LogP contribution in [0.5, 0.6) is 0 Å². The van der Waals surface area contributed by atoms with Gasteiger partial charge in [-0.3, -0.25) is 4.79 Å². The average molecular weight is 255 g/mol. The fraction of sp³-hybridized carbons (Fsp3) is 0.286. The molecule has 1 aromatic rings. The zero-order valence-corrected chi connectivity index (χ0v) is 8.51. The van der Waals surface area contributed by atoms with Crippen LogP contribution in [0.1, 0.15) is 14.5 Å². The van der Waals surface area contributed by atoms with Crippen LogP contribution >= 0.6 is 27.3 Å². The minimum atomic E-state index is -2.91. The van der Waals surface area contributed by atoms with E-state index < -0.39 is 12.2 Å². The lowest BCUT2D eigenvalue weighted by Gasteiger charge is -1.91. The third-order valence-corrected chi connectivity index (χ3v) is 3.45. The summed E-state index contributed by atoms with van der Waals surface area (Å²) in [5.74, 6) is -1.10. The van der Waals surface area contributed by atoms with Gasteiger partial charge in [0.1, 0.15) is 0 Å². The first-order valence-electron chi connectivity index (χ1n) is 3.10. The number of ketones is 1. The van der Waals surface area contributed by atoms with E-state index in [1.165, 1.54) is 6.07 Å². The number of rotatable bonds is 2. The van der Waals surface area contributed by atoms with Crippen LogP contribution in [-0.4, -0.2) is 12.2 Å². The summed E-state index contributed by atoms with van der Waals surface area (Å²) in [7, 11) is 0. The standard InChI is InChI=1S/C7H5BrF2OS/c1-3-4(8)2-5(12-3)6(11)7(9)10/h2,7H,1H3. The first-order valence-corrected chi connectivity index (χ1v) is 4.71. The van der Waals surface area contributed by atoms with Gasteiger partial charge in [0.2, 0.25) is 5.78 Å². The van der Waals surface area contributed by atoms with E-state index in [0.29, 0.717) is 4.47 Å². The van der Waals surface area contributed by atoms with Crippen LogP contribution in [0, 0.1) is 6.92 Å². The molecule has 0 aliphatic rings. The van der Waals surface area contributed by atoms with Crippen molar-refractivity contribution in [3.05, 3.63) is 20.3 Å². The molecule has 0 spiro atoms. The van der Waals surface area contributed by atoms with Crippen molar-refractivity contribution in [2.75, 3.05) is 0 Å². The van der Waals surface area contributed by atoms with Crippen molar-refractivity contribution in [3.8, 4) is 0 Å². The highest BCUT2D eigenvalue weighted by atomic mass is 79.9. The van der Waals surface area contributed by atoms with Crippen LogP contribution in [0.3, 0.4) is 0 Å². The van der Waals surface area contributed by atoms with Crippen molar-refractivity contribution in [1.29, 1.82) is 0 Å². The van der Waals surface area contributed by atoms with E-state index in [1.54, 1.807) is 6.92 Å². The Morgan fingerprint density at radius 1 is 1.67 bits per heavy atom. The molecule has 0 amide bonds. The molecular formula is C7H5BrF2OS. The number of thiophene rings is 1. The average Bonchev–Trinajstić information content (AvgIpc) is 2.30. The predicted octanol–water partition coefficient (Wildman–Crippen LogP) is 3.27. The zero-order valence-electron chi connectivity index (χ0n) is 6.11. The Hall–Kier alpha value is -0.290. The smallest absolute Gasteiger partial charge is 0.287 e. The largest absolute Gasteiger partial charge is 0.301 e. The summed E-state index contributed by atoms with van der Waals surface area (Å²) in [6, 6.07) is 1.43. The summed E-state index contributed by atoms with van der Waals surface area (Å²) in [4.78, 5) is 11.7. The van der Waals surface area contributed by atoms with Crippen LogP contribution in [0.15, 0.2) is 10.5 Å². The predicted molar refractivity (Wildman–Crippen MR) is 47.1 cm³/mol. The maximum atomic E-state index is 11.9. The molecule has 0 fully saturated rings. The number of halogens is 3. The van der Waals surface area contributed by atoms with Crippen molar-refractivity contribution in [2.45, 2.75) is 13.3 Å². The molecular weight excluding hydrogens is 250 g/mol. The van der Waals surface area contributed by atoms with E-state index in [-0.39, 0.29) is 4.88 Å². The molecule has 0 aromatic carbocycles. The molecule has 0 bridgehead atoms. The van der Waals surface area contributed by atoms with E-state index in [9.17, 15) is 13.6 Å². The highest BCUT2D eigenvalue weighted by Gasteiger charge is 2.20. The van der Waals surface area contributed by atoms with Gasteiger partial charge in [0.05, 0.1) is 4.88 Å². The molecule has 5 heteroatoms. The Balaban J connectivity index is 2.97. The Labute approximate surface area is 80.5 Å². The summed E-state index contributed by atoms with van der Waals surface area (Å²) in [6.07, 6.45) is -2.91. The molecule has 0 aliphatic carbocycles. The Morgan fingerprint density at radius 3 is 2.58 bits per heavy atom. The molecule has 0 saturated heterocycles. The minimum Gasteiger partial charge on any atom is -0.287 e. The summed E-state index contributed by atoms with van der Waals surface area (Å²) in [5.41, 5.74) is 0. The molecule has 0 radical (unpaired) electrons. The molecule has 0 saturated carbocycles. The number of hydrogen-bond donors (Lipinski definition) is 0. The number of carbonyl (C=O) groups excluding carboxylic acids is 1. The summed E-state index contributed by atoms with van der Waals surface area (Å²) in [6.45, 7) is 1.76. The summed E-state index contributed by atoms with van der Waals surface area (Å²) >= 11 is 4.22. The second kappa shape index (κ2) is 3.62. The highest BCUT2D eigenvalue weighted by molar-refractivity contribution is 9.10. The number of hydrogen-bond acceptors (Lipinski definition) is 2. The molecule has 0 unspecified atom stereocenters. The second-order valence-electron chi connectivity index (χ2n) is 2.18. The summed E-state index contributed by atoms with van der Waals surface area (Å²) < 4.78 is 24.5. The van der Waals surface area contributed by atoms with Gasteiger partial charge < -0.3 is 0 Å². The maximum Gasteiger partial charge on any atom is 0.301 e. The van der Waals surface area contributed by atoms with Gasteiger partial charge >= 0.3 is 6.43 Å². The Morgan fingerprint density at radius 2 is 2.25 bits per heavy atom. The number of aryl methyl sites for hydroxylation is 1. The zero-order chi connectivity index (χ0) is 9.30. The van der Waals surface area contributed by atoms with Gasteiger partial charge in [0.25, 0.3) is 0 Å². The van der Waals surface area contributed by atoms with Crippen LogP contribution in [-0.2, 0) is 0 Å². The molecule has 1 aromatic heterocycles. The molecule has 0 N–H and O–H groups in total. The molecule has 12 heavy (non-hydrogen) atoms. The van der Waals surface area contributed by atoms with Crippen molar-refractivity contribution in [1.82, 2.24) is 0 Å². The SMILES string of the molecule is Cc1sc(C(=O)C(F)F)cc1Br. The van der Waals surface area contributed by atoms with E-state index >= 15 is 0 Å². The van der Waals surface area contributed by atoms with Gasteiger partial charge in [-0.25, -0.2) is 8.78 Å². The lowest BCUT2D eigenvalue weighted by Crippen LogP contribution is -2.07. The molecule has 1 heterocycles. The summed E-state index contributed by atoms with van der Waals surface area (Å²) in [5, 5.41) is 0. The fourth-order valence-electron chi connectivity index (χ4n) is 0.689. The molecule has 0 aliphatic heterocycles. The topological polar surface area (TPSA) is 17.1 Å². The number of Topliss-reactive ketones (excluding diaryl/α,β-unsaturated/α-hetero) is 1.